The van der Waals surface area contributed by atoms with Crippen LogP contribution < -0.4 is 11.2 Å². The van der Waals surface area contributed by atoms with Gasteiger partial charge in [0.15, 0.2) is 5.78 Å². The molecule has 0 radical (unpaired) electrons. The van der Waals surface area contributed by atoms with Crippen molar-refractivity contribution in [3.05, 3.63) is 68.5 Å². The third-order valence-electron chi connectivity index (χ3n) is 2.66. The number of rotatable bonds is 3. The van der Waals surface area contributed by atoms with Gasteiger partial charge in [-0.2, -0.15) is 0 Å². The fourth-order valence-corrected chi connectivity index (χ4v) is 1.71. The van der Waals surface area contributed by atoms with Gasteiger partial charge in [0.1, 0.15) is 5.56 Å². The summed E-state index contributed by atoms with van der Waals surface area (Å²) in [5.74, 6) is -0.390. The number of nitrogens with zero attached hydrogens (tertiary/aromatic N) is 1. The van der Waals surface area contributed by atoms with Gasteiger partial charge in [0.25, 0.3) is 5.56 Å². The number of aromatic nitrogens is 2. The number of benzene rings is 1. The number of hydrogen-bond acceptors (Lipinski definition) is 3. The summed E-state index contributed by atoms with van der Waals surface area (Å²) in [5, 5.41) is 0. The van der Waals surface area contributed by atoms with E-state index in [1.165, 1.54) is 6.20 Å². The molecule has 1 heterocycles. The molecule has 92 valence electrons. The molecule has 18 heavy (non-hydrogen) atoms. The monoisotopic (exact) mass is 244 g/mol. The van der Waals surface area contributed by atoms with E-state index in [1.807, 2.05) is 0 Å². The zero-order valence-corrected chi connectivity index (χ0v) is 9.84. The van der Waals surface area contributed by atoms with Gasteiger partial charge in [0, 0.05) is 18.3 Å². The molecule has 0 amide bonds. The van der Waals surface area contributed by atoms with E-state index in [4.69, 9.17) is 0 Å². The average Bonchev–Trinajstić information content (AvgIpc) is 2.40. The van der Waals surface area contributed by atoms with E-state index in [1.54, 1.807) is 37.3 Å². The van der Waals surface area contributed by atoms with Crippen molar-refractivity contribution >= 4 is 5.78 Å². The highest BCUT2D eigenvalue weighted by atomic mass is 16.2. The molecule has 2 aromatic rings. The van der Waals surface area contributed by atoms with E-state index in [9.17, 15) is 14.4 Å². The molecule has 0 unspecified atom stereocenters. The summed E-state index contributed by atoms with van der Waals surface area (Å²) in [6, 6.07) is 8.48. The number of carbonyl (C=O) groups is 1. The summed E-state index contributed by atoms with van der Waals surface area (Å²) in [6.07, 6.45) is 1.17. The normalized spacial score (nSPS) is 10.3. The number of H-pyrrole nitrogens is 1. The van der Waals surface area contributed by atoms with Crippen LogP contribution in [-0.2, 0) is 6.54 Å². The van der Waals surface area contributed by atoms with Gasteiger partial charge in [-0.05, 0) is 6.92 Å². The molecule has 1 N–H and O–H groups in total. The summed E-state index contributed by atoms with van der Waals surface area (Å²) in [4.78, 5) is 37.8. The minimum Gasteiger partial charge on any atom is -0.313 e. The molecule has 2 rings (SSSR count). The molecule has 0 saturated heterocycles. The second kappa shape index (κ2) is 4.83. The Balaban J connectivity index is 2.57. The van der Waals surface area contributed by atoms with E-state index in [0.29, 0.717) is 5.56 Å². The highest BCUT2D eigenvalue weighted by Crippen LogP contribution is 2.04. The third-order valence-corrected chi connectivity index (χ3v) is 2.66. The van der Waals surface area contributed by atoms with Crippen LogP contribution in [0, 0.1) is 0 Å². The minimum atomic E-state index is -0.560. The molecule has 0 aliphatic carbocycles. The van der Waals surface area contributed by atoms with Gasteiger partial charge in [0.2, 0.25) is 0 Å². The average molecular weight is 244 g/mol. The number of ketones is 1. The molecule has 0 bridgehead atoms. The number of aromatic amines is 1. The lowest BCUT2D eigenvalue weighted by molar-refractivity contribution is 0.103. The first-order valence-electron chi connectivity index (χ1n) is 5.57. The first kappa shape index (κ1) is 12.0. The maximum atomic E-state index is 12.1. The van der Waals surface area contributed by atoms with Crippen LogP contribution in [0.15, 0.2) is 46.1 Å². The van der Waals surface area contributed by atoms with Gasteiger partial charge in [-0.3, -0.25) is 14.2 Å². The summed E-state index contributed by atoms with van der Waals surface area (Å²) in [5.41, 5.74) is -0.672. The predicted octanol–water partition coefficient (Wildman–Crippen LogP) is 0.788. The van der Waals surface area contributed by atoms with Gasteiger partial charge in [-0.1, -0.05) is 30.3 Å². The first-order chi connectivity index (χ1) is 8.65. The molecule has 0 aliphatic heterocycles. The molecule has 0 atom stereocenters. The van der Waals surface area contributed by atoms with Crippen LogP contribution in [0.4, 0.5) is 0 Å². The van der Waals surface area contributed by atoms with Crippen molar-refractivity contribution in [1.29, 1.82) is 0 Å². The topological polar surface area (TPSA) is 71.9 Å². The van der Waals surface area contributed by atoms with E-state index < -0.39 is 11.2 Å². The van der Waals surface area contributed by atoms with Crippen molar-refractivity contribution in [2.75, 3.05) is 0 Å². The SMILES string of the molecule is CCn1c(=O)[nH]cc(C(=O)c2ccccc2)c1=O. The summed E-state index contributed by atoms with van der Waals surface area (Å²) >= 11 is 0. The van der Waals surface area contributed by atoms with Crippen molar-refractivity contribution in [3.63, 3.8) is 0 Å². The minimum absolute atomic E-state index is 0.0253. The van der Waals surface area contributed by atoms with Crippen molar-refractivity contribution in [2.24, 2.45) is 0 Å². The molecular formula is C13H12N2O3. The van der Waals surface area contributed by atoms with E-state index in [2.05, 4.69) is 4.98 Å². The van der Waals surface area contributed by atoms with Gasteiger partial charge < -0.3 is 4.98 Å². The smallest absolute Gasteiger partial charge is 0.313 e. The lowest BCUT2D eigenvalue weighted by atomic mass is 10.1. The van der Waals surface area contributed by atoms with Crippen molar-refractivity contribution in [1.82, 2.24) is 9.55 Å². The van der Waals surface area contributed by atoms with Gasteiger partial charge in [-0.25, -0.2) is 4.79 Å². The number of carbonyl (C=O) groups excluding carboxylic acids is 1. The van der Waals surface area contributed by atoms with Gasteiger partial charge in [0.05, 0.1) is 0 Å². The zero-order chi connectivity index (χ0) is 13.1. The Hall–Kier alpha value is -2.43. The molecule has 0 aliphatic rings. The Bertz CT molecular complexity index is 683. The highest BCUT2D eigenvalue weighted by molar-refractivity contribution is 6.08. The van der Waals surface area contributed by atoms with Crippen LogP contribution in [0.25, 0.3) is 0 Å². The fourth-order valence-electron chi connectivity index (χ4n) is 1.71. The first-order valence-corrected chi connectivity index (χ1v) is 5.57. The Morgan fingerprint density at radius 1 is 1.22 bits per heavy atom. The molecule has 5 heteroatoms. The Kier molecular flexibility index (Phi) is 3.23. The quantitative estimate of drug-likeness (QED) is 0.811. The van der Waals surface area contributed by atoms with Gasteiger partial charge >= 0.3 is 5.69 Å². The lowest BCUT2D eigenvalue weighted by Crippen LogP contribution is -2.37. The fraction of sp³-hybridized carbons (Fsp3) is 0.154. The summed E-state index contributed by atoms with van der Waals surface area (Å²) in [7, 11) is 0. The standard InChI is InChI=1S/C13H12N2O3/c1-2-15-12(17)10(8-14-13(15)18)11(16)9-6-4-3-5-7-9/h3-8H,2H2,1H3,(H,14,18). The Morgan fingerprint density at radius 2 is 1.89 bits per heavy atom. The maximum Gasteiger partial charge on any atom is 0.328 e. The maximum absolute atomic E-state index is 12.1. The zero-order valence-electron chi connectivity index (χ0n) is 9.84. The largest absolute Gasteiger partial charge is 0.328 e. The highest BCUT2D eigenvalue weighted by Gasteiger charge is 2.15. The number of hydrogen-bond donors (Lipinski definition) is 1. The molecule has 5 nitrogen and oxygen atoms in total. The van der Waals surface area contributed by atoms with Crippen LogP contribution in [0.2, 0.25) is 0 Å². The Morgan fingerprint density at radius 3 is 2.50 bits per heavy atom. The molecule has 0 fully saturated rings. The van der Waals surface area contributed by atoms with E-state index in [-0.39, 0.29) is 17.9 Å². The van der Waals surface area contributed by atoms with Crippen LogP contribution in [-0.4, -0.2) is 15.3 Å². The second-order valence-corrected chi connectivity index (χ2v) is 3.75. The van der Waals surface area contributed by atoms with Crippen LogP contribution >= 0.6 is 0 Å². The van der Waals surface area contributed by atoms with E-state index >= 15 is 0 Å². The molecule has 0 saturated carbocycles. The molecule has 1 aromatic heterocycles. The van der Waals surface area contributed by atoms with Crippen molar-refractivity contribution < 1.29 is 4.79 Å². The molecule has 0 spiro atoms. The predicted molar refractivity (Wildman–Crippen MR) is 66.9 cm³/mol. The second-order valence-electron chi connectivity index (χ2n) is 3.75. The van der Waals surface area contributed by atoms with Crippen molar-refractivity contribution in [2.45, 2.75) is 13.5 Å². The number of nitrogens with one attached hydrogen (secondary N) is 1. The summed E-state index contributed by atoms with van der Waals surface area (Å²) < 4.78 is 0.996. The lowest BCUT2D eigenvalue weighted by Gasteiger charge is -2.03. The van der Waals surface area contributed by atoms with Crippen LogP contribution in [0.5, 0.6) is 0 Å². The van der Waals surface area contributed by atoms with Crippen molar-refractivity contribution in [3.8, 4) is 0 Å². The molecule has 1 aromatic carbocycles. The Labute approximate surface area is 103 Å². The van der Waals surface area contributed by atoms with E-state index in [0.717, 1.165) is 4.57 Å². The third kappa shape index (κ3) is 2.02. The van der Waals surface area contributed by atoms with Crippen LogP contribution in [0.3, 0.4) is 0 Å². The summed E-state index contributed by atoms with van der Waals surface area (Å²) in [6.45, 7) is 1.90. The van der Waals surface area contributed by atoms with Crippen LogP contribution in [0.1, 0.15) is 22.8 Å². The molecular weight excluding hydrogens is 232 g/mol. The van der Waals surface area contributed by atoms with Gasteiger partial charge in [-0.15, -0.1) is 0 Å².